The molecule has 3 aromatic rings. The van der Waals surface area contributed by atoms with Crippen molar-refractivity contribution >= 4 is 39.1 Å². The van der Waals surface area contributed by atoms with Gasteiger partial charge in [-0.1, -0.05) is 18.2 Å². The third-order valence-electron chi connectivity index (χ3n) is 3.94. The lowest BCUT2D eigenvalue weighted by Gasteiger charge is -2.18. The fraction of sp³-hybridized carbons (Fsp3) is 0.143. The number of esters is 1. The summed E-state index contributed by atoms with van der Waals surface area (Å²) in [6.45, 7) is -0.945. The Morgan fingerprint density at radius 2 is 1.77 bits per heavy atom. The maximum atomic E-state index is 13.2. The van der Waals surface area contributed by atoms with E-state index in [1.807, 2.05) is 17.5 Å². The molecule has 0 aliphatic heterocycles. The minimum atomic E-state index is -0.754. The molecule has 0 saturated heterocycles. The Bertz CT molecular complexity index is 1010. The lowest BCUT2D eigenvalue weighted by atomic mass is 10.1. The number of rotatable bonds is 8. The lowest BCUT2D eigenvalue weighted by molar-refractivity contribution is -0.150. The van der Waals surface area contributed by atoms with Crippen molar-refractivity contribution in [3.8, 4) is 5.75 Å². The van der Waals surface area contributed by atoms with Gasteiger partial charge in [-0.25, -0.2) is 13.6 Å². The molecule has 1 aromatic heterocycles. The number of amides is 1. The SMILES string of the molecule is O=C(COC(=O)COc1ccc(F)cc1Br)NC(c1ccc(F)cc1)c1cccs1. The second kappa shape index (κ2) is 10.3. The molecule has 0 fully saturated rings. The van der Waals surface area contributed by atoms with Gasteiger partial charge >= 0.3 is 5.97 Å². The van der Waals surface area contributed by atoms with Crippen molar-refractivity contribution in [3.63, 3.8) is 0 Å². The van der Waals surface area contributed by atoms with Gasteiger partial charge < -0.3 is 14.8 Å². The quantitative estimate of drug-likeness (QED) is 0.463. The highest BCUT2D eigenvalue weighted by molar-refractivity contribution is 9.10. The molecule has 0 aliphatic rings. The van der Waals surface area contributed by atoms with Crippen LogP contribution in [0.4, 0.5) is 8.78 Å². The second-order valence-electron chi connectivity index (χ2n) is 6.09. The van der Waals surface area contributed by atoms with Crippen molar-refractivity contribution in [2.75, 3.05) is 13.2 Å². The van der Waals surface area contributed by atoms with Crippen LogP contribution >= 0.6 is 27.3 Å². The zero-order valence-corrected chi connectivity index (χ0v) is 17.8. The molecule has 1 unspecified atom stereocenters. The lowest BCUT2D eigenvalue weighted by Crippen LogP contribution is -2.33. The molecule has 156 valence electrons. The van der Waals surface area contributed by atoms with Crippen LogP contribution in [0.3, 0.4) is 0 Å². The van der Waals surface area contributed by atoms with Crippen LogP contribution in [0.5, 0.6) is 5.75 Å². The van der Waals surface area contributed by atoms with Crippen molar-refractivity contribution in [2.24, 2.45) is 0 Å². The first kappa shape index (κ1) is 21.9. The molecule has 5 nitrogen and oxygen atoms in total. The third-order valence-corrected chi connectivity index (χ3v) is 5.50. The number of nitrogens with one attached hydrogen (secondary N) is 1. The first-order chi connectivity index (χ1) is 14.4. The number of hydrogen-bond acceptors (Lipinski definition) is 5. The monoisotopic (exact) mass is 495 g/mol. The molecule has 0 aliphatic carbocycles. The summed E-state index contributed by atoms with van der Waals surface area (Å²) in [4.78, 5) is 25.0. The van der Waals surface area contributed by atoms with E-state index in [9.17, 15) is 18.4 Å². The molecule has 1 amide bonds. The predicted octanol–water partition coefficient (Wildman–Crippen LogP) is 4.62. The Labute approximate surface area is 183 Å². The van der Waals surface area contributed by atoms with E-state index in [0.717, 1.165) is 4.88 Å². The normalized spacial score (nSPS) is 11.6. The Kier molecular flexibility index (Phi) is 7.53. The Morgan fingerprint density at radius 1 is 1.03 bits per heavy atom. The van der Waals surface area contributed by atoms with Gasteiger partial charge in [0.15, 0.2) is 13.2 Å². The molecule has 2 aromatic carbocycles. The summed E-state index contributed by atoms with van der Waals surface area (Å²) in [5, 5.41) is 4.65. The van der Waals surface area contributed by atoms with Gasteiger partial charge in [0, 0.05) is 4.88 Å². The topological polar surface area (TPSA) is 64.6 Å². The summed E-state index contributed by atoms with van der Waals surface area (Å²) in [7, 11) is 0. The zero-order chi connectivity index (χ0) is 21.5. The van der Waals surface area contributed by atoms with E-state index in [1.54, 1.807) is 12.1 Å². The molecule has 30 heavy (non-hydrogen) atoms. The van der Waals surface area contributed by atoms with E-state index >= 15 is 0 Å². The first-order valence-corrected chi connectivity index (χ1v) is 10.4. The number of thiophene rings is 1. The van der Waals surface area contributed by atoms with Crippen molar-refractivity contribution in [3.05, 3.63) is 86.5 Å². The molecule has 0 saturated carbocycles. The summed E-state index contributed by atoms with van der Waals surface area (Å²) in [6.07, 6.45) is 0. The summed E-state index contributed by atoms with van der Waals surface area (Å²) in [5.74, 6) is -1.83. The van der Waals surface area contributed by atoms with Gasteiger partial charge in [0.25, 0.3) is 5.91 Å². The van der Waals surface area contributed by atoms with Crippen molar-refractivity contribution < 1.29 is 27.8 Å². The predicted molar refractivity (Wildman–Crippen MR) is 111 cm³/mol. The van der Waals surface area contributed by atoms with Crippen LogP contribution in [0.15, 0.2) is 64.5 Å². The second-order valence-corrected chi connectivity index (χ2v) is 7.93. The van der Waals surface area contributed by atoms with Crippen molar-refractivity contribution in [1.29, 1.82) is 0 Å². The summed E-state index contributed by atoms with van der Waals surface area (Å²) in [5.41, 5.74) is 0.697. The van der Waals surface area contributed by atoms with Gasteiger partial charge in [0.1, 0.15) is 17.4 Å². The molecule has 1 atom stereocenters. The zero-order valence-electron chi connectivity index (χ0n) is 15.4. The molecule has 1 heterocycles. The standard InChI is InChI=1S/C21H16BrF2NO4S/c22-16-10-15(24)7-8-17(16)28-12-20(27)29-11-19(26)25-21(18-2-1-9-30-18)13-3-5-14(23)6-4-13/h1-10,21H,11-12H2,(H,25,26). The molecule has 1 N–H and O–H groups in total. The van der Waals surface area contributed by atoms with Crippen molar-refractivity contribution in [2.45, 2.75) is 6.04 Å². The van der Waals surface area contributed by atoms with E-state index in [-0.39, 0.29) is 11.6 Å². The molecule has 3 rings (SSSR count). The fourth-order valence-electron chi connectivity index (χ4n) is 2.55. The van der Waals surface area contributed by atoms with E-state index < -0.39 is 36.9 Å². The van der Waals surface area contributed by atoms with E-state index in [4.69, 9.17) is 9.47 Å². The van der Waals surface area contributed by atoms with Crippen molar-refractivity contribution in [1.82, 2.24) is 5.32 Å². The number of carbonyl (C=O) groups is 2. The van der Waals surface area contributed by atoms with E-state index in [0.29, 0.717) is 10.0 Å². The first-order valence-electron chi connectivity index (χ1n) is 8.74. The molecular formula is C21H16BrF2NO4S. The smallest absolute Gasteiger partial charge is 0.344 e. The maximum absolute atomic E-state index is 13.2. The highest BCUT2D eigenvalue weighted by atomic mass is 79.9. The van der Waals surface area contributed by atoms with Crippen LogP contribution in [-0.4, -0.2) is 25.1 Å². The van der Waals surface area contributed by atoms with E-state index in [1.165, 1.54) is 41.7 Å². The van der Waals surface area contributed by atoms with E-state index in [2.05, 4.69) is 21.2 Å². The summed E-state index contributed by atoms with van der Waals surface area (Å²) in [6, 6.07) is 12.7. The van der Waals surface area contributed by atoms with Crippen LogP contribution in [0.1, 0.15) is 16.5 Å². The number of benzene rings is 2. The third kappa shape index (κ3) is 6.11. The average Bonchev–Trinajstić information content (AvgIpc) is 3.25. The minimum absolute atomic E-state index is 0.270. The van der Waals surface area contributed by atoms with Gasteiger partial charge in [-0.05, 0) is 63.3 Å². The number of carbonyl (C=O) groups excluding carboxylic acids is 2. The number of halogens is 3. The molecule has 0 bridgehead atoms. The largest absolute Gasteiger partial charge is 0.481 e. The van der Waals surface area contributed by atoms with Gasteiger partial charge in [-0.15, -0.1) is 11.3 Å². The Morgan fingerprint density at radius 3 is 2.43 bits per heavy atom. The van der Waals surface area contributed by atoms with Crippen LogP contribution in [0, 0.1) is 11.6 Å². The van der Waals surface area contributed by atoms with Gasteiger partial charge in [0.2, 0.25) is 0 Å². The minimum Gasteiger partial charge on any atom is -0.481 e. The maximum Gasteiger partial charge on any atom is 0.344 e. The highest BCUT2D eigenvalue weighted by Crippen LogP contribution is 2.27. The van der Waals surface area contributed by atoms with Crippen LogP contribution < -0.4 is 10.1 Å². The van der Waals surface area contributed by atoms with Gasteiger partial charge in [-0.3, -0.25) is 4.79 Å². The highest BCUT2D eigenvalue weighted by Gasteiger charge is 2.19. The van der Waals surface area contributed by atoms with Gasteiger partial charge in [0.05, 0.1) is 10.5 Å². The Balaban J connectivity index is 1.54. The Hall–Kier alpha value is -2.78. The van der Waals surface area contributed by atoms with Crippen LogP contribution in [0.2, 0.25) is 0 Å². The van der Waals surface area contributed by atoms with Crippen LogP contribution in [0.25, 0.3) is 0 Å². The summed E-state index contributed by atoms with van der Waals surface area (Å²) >= 11 is 4.57. The number of ether oxygens (including phenoxy) is 2. The van der Waals surface area contributed by atoms with Crippen LogP contribution in [-0.2, 0) is 14.3 Å². The fourth-order valence-corrected chi connectivity index (χ4v) is 3.82. The molecule has 9 heteroatoms. The molecule has 0 spiro atoms. The molecular weight excluding hydrogens is 480 g/mol. The number of hydrogen-bond donors (Lipinski definition) is 1. The molecule has 0 radical (unpaired) electrons. The summed E-state index contributed by atoms with van der Waals surface area (Å²) < 4.78 is 36.8. The average molecular weight is 496 g/mol. The van der Waals surface area contributed by atoms with Gasteiger partial charge in [-0.2, -0.15) is 0 Å².